The minimum atomic E-state index is -0.464. The van der Waals surface area contributed by atoms with Crippen LogP contribution in [0.5, 0.6) is 17.2 Å². The SMILES string of the molecule is CCc1ccc(OCC(=O)NNC(=S)NC(=O)C=Cc2ccc(OC)c(OC)c2)cc1. The number of rotatable bonds is 8. The summed E-state index contributed by atoms with van der Waals surface area (Å²) >= 11 is 4.99. The van der Waals surface area contributed by atoms with E-state index in [4.69, 9.17) is 26.4 Å². The van der Waals surface area contributed by atoms with Crippen molar-refractivity contribution in [3.63, 3.8) is 0 Å². The largest absolute Gasteiger partial charge is 0.493 e. The first-order valence-electron chi connectivity index (χ1n) is 9.46. The van der Waals surface area contributed by atoms with E-state index in [0.717, 1.165) is 12.0 Å². The number of thiocarbonyl (C=S) groups is 1. The van der Waals surface area contributed by atoms with Crippen LogP contribution in [0.3, 0.4) is 0 Å². The summed E-state index contributed by atoms with van der Waals surface area (Å²) in [7, 11) is 3.08. The van der Waals surface area contributed by atoms with Crippen molar-refractivity contribution in [1.29, 1.82) is 0 Å². The van der Waals surface area contributed by atoms with Gasteiger partial charge >= 0.3 is 0 Å². The van der Waals surface area contributed by atoms with Gasteiger partial charge in [-0.1, -0.05) is 25.1 Å². The fourth-order valence-electron chi connectivity index (χ4n) is 2.45. The zero-order valence-electron chi connectivity index (χ0n) is 17.6. The number of nitrogens with one attached hydrogen (secondary N) is 3. The topological polar surface area (TPSA) is 97.9 Å². The molecule has 0 fully saturated rings. The van der Waals surface area contributed by atoms with Gasteiger partial charge in [0.2, 0.25) is 5.91 Å². The summed E-state index contributed by atoms with van der Waals surface area (Å²) in [5.74, 6) is 0.815. The molecule has 0 radical (unpaired) electrons. The fraction of sp³-hybridized carbons (Fsp3) is 0.227. The smallest absolute Gasteiger partial charge is 0.276 e. The summed E-state index contributed by atoms with van der Waals surface area (Å²) in [5.41, 5.74) is 6.73. The van der Waals surface area contributed by atoms with E-state index < -0.39 is 11.8 Å². The number of hydrazine groups is 1. The van der Waals surface area contributed by atoms with Crippen LogP contribution in [0, 0.1) is 0 Å². The lowest BCUT2D eigenvalue weighted by Gasteiger charge is -2.11. The van der Waals surface area contributed by atoms with Gasteiger partial charge in [0, 0.05) is 6.08 Å². The highest BCUT2D eigenvalue weighted by atomic mass is 32.1. The molecule has 9 heteroatoms. The van der Waals surface area contributed by atoms with Gasteiger partial charge in [-0.2, -0.15) is 0 Å². The molecule has 0 saturated carbocycles. The van der Waals surface area contributed by atoms with Crippen LogP contribution in [0.2, 0.25) is 0 Å². The Balaban J connectivity index is 1.74. The van der Waals surface area contributed by atoms with Gasteiger partial charge in [0.1, 0.15) is 5.75 Å². The Morgan fingerprint density at radius 2 is 1.71 bits per heavy atom. The summed E-state index contributed by atoms with van der Waals surface area (Å²) < 4.78 is 15.8. The Morgan fingerprint density at radius 3 is 2.35 bits per heavy atom. The maximum absolute atomic E-state index is 12.0. The van der Waals surface area contributed by atoms with E-state index in [1.165, 1.54) is 18.7 Å². The zero-order valence-corrected chi connectivity index (χ0v) is 18.4. The predicted molar refractivity (Wildman–Crippen MR) is 122 cm³/mol. The average Bonchev–Trinajstić information content (AvgIpc) is 2.80. The van der Waals surface area contributed by atoms with E-state index >= 15 is 0 Å². The zero-order chi connectivity index (χ0) is 22.6. The van der Waals surface area contributed by atoms with Crippen molar-refractivity contribution >= 4 is 35.2 Å². The number of amides is 2. The average molecular weight is 444 g/mol. The van der Waals surface area contributed by atoms with Crippen molar-refractivity contribution in [3.05, 3.63) is 59.7 Å². The molecule has 164 valence electrons. The lowest BCUT2D eigenvalue weighted by molar-refractivity contribution is -0.123. The second kappa shape index (κ2) is 12.2. The summed E-state index contributed by atoms with van der Waals surface area (Å²) in [4.78, 5) is 23.8. The minimum absolute atomic E-state index is 0.0531. The third kappa shape index (κ3) is 7.98. The third-order valence-corrected chi connectivity index (χ3v) is 4.29. The first-order valence-corrected chi connectivity index (χ1v) is 9.87. The van der Waals surface area contributed by atoms with Crippen LogP contribution >= 0.6 is 12.2 Å². The van der Waals surface area contributed by atoms with E-state index in [-0.39, 0.29) is 11.7 Å². The molecule has 0 aliphatic carbocycles. The molecule has 0 bridgehead atoms. The maximum Gasteiger partial charge on any atom is 0.276 e. The van der Waals surface area contributed by atoms with E-state index in [1.807, 2.05) is 12.1 Å². The quantitative estimate of drug-likeness (QED) is 0.327. The Kier molecular flexibility index (Phi) is 9.31. The van der Waals surface area contributed by atoms with Crippen molar-refractivity contribution in [2.45, 2.75) is 13.3 Å². The van der Waals surface area contributed by atoms with Gasteiger partial charge in [-0.3, -0.25) is 25.8 Å². The molecule has 2 aromatic carbocycles. The first kappa shape index (κ1) is 23.7. The van der Waals surface area contributed by atoms with E-state index in [1.54, 1.807) is 43.5 Å². The molecule has 2 aromatic rings. The van der Waals surface area contributed by atoms with Crippen LogP contribution in [0.25, 0.3) is 6.08 Å². The van der Waals surface area contributed by atoms with Crippen molar-refractivity contribution in [2.24, 2.45) is 0 Å². The second-order valence-electron chi connectivity index (χ2n) is 6.23. The van der Waals surface area contributed by atoms with Gasteiger partial charge in [0.15, 0.2) is 23.2 Å². The Bertz CT molecular complexity index is 945. The van der Waals surface area contributed by atoms with Crippen LogP contribution in [0.15, 0.2) is 48.5 Å². The summed E-state index contributed by atoms with van der Waals surface area (Å²) in [6.07, 6.45) is 3.83. The molecule has 8 nitrogen and oxygen atoms in total. The molecule has 0 aliphatic rings. The maximum atomic E-state index is 12.0. The third-order valence-electron chi connectivity index (χ3n) is 4.09. The number of ether oxygens (including phenoxy) is 3. The summed E-state index contributed by atoms with van der Waals surface area (Å²) in [6.45, 7) is 1.86. The highest BCUT2D eigenvalue weighted by Crippen LogP contribution is 2.27. The Labute approximate surface area is 186 Å². The molecule has 2 amide bonds. The predicted octanol–water partition coefficient (Wildman–Crippen LogP) is 2.38. The molecular weight excluding hydrogens is 418 g/mol. The number of carbonyl (C=O) groups is 2. The van der Waals surface area contributed by atoms with Crippen LogP contribution in [0.4, 0.5) is 0 Å². The van der Waals surface area contributed by atoms with Crippen molar-refractivity contribution in [2.75, 3.05) is 20.8 Å². The van der Waals surface area contributed by atoms with E-state index in [9.17, 15) is 9.59 Å². The number of hydrogen-bond donors (Lipinski definition) is 3. The molecular formula is C22H25N3O5S. The molecule has 0 aromatic heterocycles. The lowest BCUT2D eigenvalue weighted by atomic mass is 10.2. The van der Waals surface area contributed by atoms with Gasteiger partial charge in [0.05, 0.1) is 14.2 Å². The van der Waals surface area contributed by atoms with Crippen LogP contribution in [0.1, 0.15) is 18.1 Å². The van der Waals surface area contributed by atoms with Crippen molar-refractivity contribution in [1.82, 2.24) is 16.2 Å². The molecule has 0 heterocycles. The van der Waals surface area contributed by atoms with Crippen LogP contribution < -0.4 is 30.4 Å². The highest BCUT2D eigenvalue weighted by molar-refractivity contribution is 7.80. The molecule has 0 unspecified atom stereocenters. The molecule has 2 rings (SSSR count). The van der Waals surface area contributed by atoms with Gasteiger partial charge in [-0.05, 0) is 60.1 Å². The Morgan fingerprint density at radius 1 is 1.00 bits per heavy atom. The summed E-state index contributed by atoms with van der Waals surface area (Å²) in [5, 5.41) is 2.37. The lowest BCUT2D eigenvalue weighted by Crippen LogP contribution is -2.49. The first-order chi connectivity index (χ1) is 14.9. The molecule has 3 N–H and O–H groups in total. The van der Waals surface area contributed by atoms with Crippen molar-refractivity contribution < 1.29 is 23.8 Å². The molecule has 0 saturated heterocycles. The minimum Gasteiger partial charge on any atom is -0.493 e. The highest BCUT2D eigenvalue weighted by Gasteiger charge is 2.06. The van der Waals surface area contributed by atoms with Gasteiger partial charge in [-0.25, -0.2) is 0 Å². The van der Waals surface area contributed by atoms with Crippen LogP contribution in [-0.4, -0.2) is 37.8 Å². The van der Waals surface area contributed by atoms with E-state index in [2.05, 4.69) is 23.1 Å². The fourth-order valence-corrected chi connectivity index (χ4v) is 2.60. The van der Waals surface area contributed by atoms with Gasteiger partial charge in [0.25, 0.3) is 5.91 Å². The van der Waals surface area contributed by atoms with Crippen molar-refractivity contribution in [3.8, 4) is 17.2 Å². The monoisotopic (exact) mass is 443 g/mol. The summed E-state index contributed by atoms with van der Waals surface area (Å²) in [6, 6.07) is 12.7. The van der Waals surface area contributed by atoms with Crippen LogP contribution in [-0.2, 0) is 16.0 Å². The standard InChI is InChI=1S/C22H25N3O5S/c1-4-15-5-9-17(10-6-15)30-14-21(27)24-25-22(31)23-20(26)12-8-16-7-11-18(28-2)19(13-16)29-3/h5-13H,4,14H2,1-3H3,(H,24,27)(H2,23,25,26,31). The molecule has 31 heavy (non-hydrogen) atoms. The number of methoxy groups -OCH3 is 2. The molecule has 0 atom stereocenters. The number of carbonyl (C=O) groups excluding carboxylic acids is 2. The number of benzene rings is 2. The second-order valence-corrected chi connectivity index (χ2v) is 6.63. The number of hydrogen-bond acceptors (Lipinski definition) is 6. The van der Waals surface area contributed by atoms with Gasteiger partial charge < -0.3 is 14.2 Å². The Hall–Kier alpha value is -3.59. The van der Waals surface area contributed by atoms with Gasteiger partial charge in [-0.15, -0.1) is 0 Å². The molecule has 0 aliphatic heterocycles. The number of aryl methyl sites for hydroxylation is 1. The van der Waals surface area contributed by atoms with E-state index in [0.29, 0.717) is 17.2 Å². The molecule has 0 spiro atoms. The normalized spacial score (nSPS) is 10.3.